The second kappa shape index (κ2) is 10.8. The summed E-state index contributed by atoms with van der Waals surface area (Å²) in [7, 11) is 0. The van der Waals surface area contributed by atoms with Gasteiger partial charge in [0.25, 0.3) is 5.91 Å². The van der Waals surface area contributed by atoms with Gasteiger partial charge in [-0.05, 0) is 52.3 Å². The van der Waals surface area contributed by atoms with Crippen LogP contribution in [-0.2, 0) is 9.53 Å². The second-order valence-corrected chi connectivity index (χ2v) is 8.66. The summed E-state index contributed by atoms with van der Waals surface area (Å²) in [6, 6.07) is 10.2. The fraction of sp³-hybridized carbons (Fsp3) is 0.158. The molecule has 0 bridgehead atoms. The average Bonchev–Trinajstić information content (AvgIpc) is 2.68. The van der Waals surface area contributed by atoms with Crippen LogP contribution in [0, 0.1) is 5.92 Å². The first-order chi connectivity index (χ1) is 13.7. The molecule has 0 saturated heterocycles. The smallest absolute Gasteiger partial charge is 0.412 e. The number of aromatic hydroxyl groups is 1. The maximum atomic E-state index is 12.5. The van der Waals surface area contributed by atoms with Gasteiger partial charge < -0.3 is 9.84 Å². The van der Waals surface area contributed by atoms with Crippen molar-refractivity contribution >= 4 is 65.5 Å². The standard InChI is InChI=1S/C19H17Br3N2O5/c1-10(2-7-16(25)24-28)18(14-8-12(21)9-15(22)17(14)26)29-19(27)23-13-5-3-11(20)4-6-13/h2-10,18,26,28H,1H3,(H,23,27)(H,24,25)/b7-2+/t10-,18+/m0/s1. The third-order valence-electron chi connectivity index (χ3n) is 3.83. The summed E-state index contributed by atoms with van der Waals surface area (Å²) in [5, 5.41) is 21.7. The Morgan fingerprint density at radius 2 is 1.76 bits per heavy atom. The lowest BCUT2D eigenvalue weighted by Crippen LogP contribution is -2.22. The third kappa shape index (κ3) is 6.84. The van der Waals surface area contributed by atoms with Gasteiger partial charge in [-0.15, -0.1) is 0 Å². The highest BCUT2D eigenvalue weighted by Crippen LogP contribution is 2.40. The number of hydrogen-bond acceptors (Lipinski definition) is 5. The predicted octanol–water partition coefficient (Wildman–Crippen LogP) is 5.67. The maximum Gasteiger partial charge on any atom is 0.412 e. The average molecular weight is 593 g/mol. The molecule has 0 aromatic heterocycles. The first-order valence-corrected chi connectivity index (χ1v) is 10.6. The van der Waals surface area contributed by atoms with E-state index in [1.165, 1.54) is 11.6 Å². The molecule has 0 aliphatic heterocycles. The first kappa shape index (κ1) is 23.4. The van der Waals surface area contributed by atoms with E-state index in [0.29, 0.717) is 20.2 Å². The summed E-state index contributed by atoms with van der Waals surface area (Å²) >= 11 is 9.93. The number of rotatable bonds is 6. The lowest BCUT2D eigenvalue weighted by atomic mass is 9.96. The van der Waals surface area contributed by atoms with Gasteiger partial charge in [0.05, 0.1) is 4.47 Å². The Morgan fingerprint density at radius 3 is 2.38 bits per heavy atom. The Hall–Kier alpha value is -1.88. The van der Waals surface area contributed by atoms with Crippen LogP contribution in [0.1, 0.15) is 18.6 Å². The summed E-state index contributed by atoms with van der Waals surface area (Å²) in [5.74, 6) is -1.34. The molecule has 0 saturated carbocycles. The highest BCUT2D eigenvalue weighted by atomic mass is 79.9. The molecule has 0 spiro atoms. The summed E-state index contributed by atoms with van der Waals surface area (Å²) in [5.41, 5.74) is 2.35. The monoisotopic (exact) mass is 590 g/mol. The summed E-state index contributed by atoms with van der Waals surface area (Å²) in [6.07, 6.45) is 0.899. The number of nitrogens with one attached hydrogen (secondary N) is 2. The van der Waals surface area contributed by atoms with E-state index in [1.54, 1.807) is 43.3 Å². The predicted molar refractivity (Wildman–Crippen MR) is 119 cm³/mol. The zero-order valence-electron chi connectivity index (χ0n) is 15.0. The Balaban J connectivity index is 2.31. The second-order valence-electron chi connectivity index (χ2n) is 5.98. The molecule has 10 heteroatoms. The Bertz CT molecular complexity index is 919. The summed E-state index contributed by atoms with van der Waals surface area (Å²) in [4.78, 5) is 23.8. The minimum Gasteiger partial charge on any atom is -0.506 e. The SMILES string of the molecule is C[C@@H](/C=C/C(=O)NO)[C@@H](OC(=O)Nc1ccc(Br)cc1)c1cc(Br)cc(Br)c1O. The third-order valence-corrected chi connectivity index (χ3v) is 5.42. The molecule has 4 N–H and O–H groups in total. The molecule has 2 atom stereocenters. The van der Waals surface area contributed by atoms with Crippen LogP contribution >= 0.6 is 47.8 Å². The van der Waals surface area contributed by atoms with E-state index in [-0.39, 0.29) is 5.75 Å². The van der Waals surface area contributed by atoms with Crippen molar-refractivity contribution in [1.29, 1.82) is 0 Å². The quantitative estimate of drug-likeness (QED) is 0.196. The van der Waals surface area contributed by atoms with Crippen molar-refractivity contribution in [3.63, 3.8) is 0 Å². The van der Waals surface area contributed by atoms with Crippen molar-refractivity contribution in [2.24, 2.45) is 5.92 Å². The number of ether oxygens (including phenoxy) is 1. The number of hydrogen-bond donors (Lipinski definition) is 4. The zero-order chi connectivity index (χ0) is 21.6. The fourth-order valence-electron chi connectivity index (χ4n) is 2.43. The molecule has 2 amide bonds. The Labute approximate surface area is 192 Å². The minimum atomic E-state index is -0.929. The molecule has 0 heterocycles. The lowest BCUT2D eigenvalue weighted by molar-refractivity contribution is -0.124. The molecule has 2 aromatic carbocycles. The van der Waals surface area contributed by atoms with Gasteiger partial charge in [-0.2, -0.15) is 0 Å². The van der Waals surface area contributed by atoms with Crippen molar-refractivity contribution in [3.8, 4) is 5.75 Å². The lowest BCUT2D eigenvalue weighted by Gasteiger charge is -2.24. The van der Waals surface area contributed by atoms with Gasteiger partial charge in [-0.3, -0.25) is 15.3 Å². The number of carbonyl (C=O) groups is 2. The van der Waals surface area contributed by atoms with Crippen molar-refractivity contribution in [2.75, 3.05) is 5.32 Å². The molecule has 0 radical (unpaired) electrons. The van der Waals surface area contributed by atoms with Gasteiger partial charge >= 0.3 is 6.09 Å². The van der Waals surface area contributed by atoms with Crippen LogP contribution in [0.5, 0.6) is 5.75 Å². The molecule has 2 aromatic rings. The number of halogens is 3. The van der Waals surface area contributed by atoms with Crippen LogP contribution in [0.15, 0.2) is 62.0 Å². The summed E-state index contributed by atoms with van der Waals surface area (Å²) in [6.45, 7) is 1.70. The number of carbonyl (C=O) groups excluding carboxylic acids is 2. The number of hydroxylamine groups is 1. The van der Waals surface area contributed by atoms with Crippen molar-refractivity contribution < 1.29 is 24.6 Å². The van der Waals surface area contributed by atoms with Crippen LogP contribution in [-0.4, -0.2) is 22.3 Å². The molecular formula is C19H17Br3N2O5. The zero-order valence-corrected chi connectivity index (χ0v) is 19.8. The highest BCUT2D eigenvalue weighted by Gasteiger charge is 2.26. The van der Waals surface area contributed by atoms with E-state index < -0.39 is 24.0 Å². The molecule has 29 heavy (non-hydrogen) atoms. The van der Waals surface area contributed by atoms with Crippen molar-refractivity contribution in [2.45, 2.75) is 13.0 Å². The topological polar surface area (TPSA) is 108 Å². The van der Waals surface area contributed by atoms with Gasteiger partial charge in [0.1, 0.15) is 11.9 Å². The Morgan fingerprint density at radius 1 is 1.10 bits per heavy atom. The number of benzene rings is 2. The minimum absolute atomic E-state index is 0.0958. The number of amides is 2. The fourth-order valence-corrected chi connectivity index (χ4v) is 3.95. The van der Waals surface area contributed by atoms with Crippen molar-refractivity contribution in [3.05, 3.63) is 67.5 Å². The first-order valence-electron chi connectivity index (χ1n) is 8.24. The van der Waals surface area contributed by atoms with E-state index in [9.17, 15) is 14.7 Å². The Kier molecular flexibility index (Phi) is 8.69. The highest BCUT2D eigenvalue weighted by molar-refractivity contribution is 9.11. The maximum absolute atomic E-state index is 12.5. The molecule has 154 valence electrons. The van der Waals surface area contributed by atoms with E-state index >= 15 is 0 Å². The molecular weight excluding hydrogens is 576 g/mol. The van der Waals surface area contributed by atoms with Crippen molar-refractivity contribution in [1.82, 2.24) is 5.48 Å². The van der Waals surface area contributed by atoms with Crippen LogP contribution < -0.4 is 10.8 Å². The van der Waals surface area contributed by atoms with Gasteiger partial charge in [-0.25, -0.2) is 10.3 Å². The molecule has 7 nitrogen and oxygen atoms in total. The van der Waals surface area contributed by atoms with Crippen LogP contribution in [0.2, 0.25) is 0 Å². The van der Waals surface area contributed by atoms with Gasteiger partial charge in [0, 0.05) is 32.2 Å². The van der Waals surface area contributed by atoms with Gasteiger partial charge in [0.15, 0.2) is 0 Å². The molecule has 0 aliphatic rings. The van der Waals surface area contributed by atoms with E-state index in [1.807, 2.05) is 0 Å². The molecule has 0 unspecified atom stereocenters. The number of anilines is 1. The summed E-state index contributed by atoms with van der Waals surface area (Å²) < 4.78 is 7.51. The number of phenolic OH excluding ortho intramolecular Hbond substituents is 1. The number of phenols is 1. The van der Waals surface area contributed by atoms with Crippen LogP contribution in [0.3, 0.4) is 0 Å². The van der Waals surface area contributed by atoms with E-state index in [4.69, 9.17) is 9.94 Å². The van der Waals surface area contributed by atoms with Gasteiger partial charge in [0.2, 0.25) is 0 Å². The van der Waals surface area contributed by atoms with E-state index in [2.05, 4.69) is 53.1 Å². The van der Waals surface area contributed by atoms with Crippen LogP contribution in [0.4, 0.5) is 10.5 Å². The van der Waals surface area contributed by atoms with Gasteiger partial charge in [-0.1, -0.05) is 44.9 Å². The molecule has 0 aliphatic carbocycles. The molecule has 2 rings (SSSR count). The normalized spacial score (nSPS) is 13.0. The van der Waals surface area contributed by atoms with E-state index in [0.717, 1.165) is 10.5 Å². The molecule has 0 fully saturated rings. The van der Waals surface area contributed by atoms with Crippen LogP contribution in [0.25, 0.3) is 0 Å². The largest absolute Gasteiger partial charge is 0.506 e.